The molecule has 0 N–H and O–H groups in total. The summed E-state index contributed by atoms with van der Waals surface area (Å²) in [7, 11) is 0. The first kappa shape index (κ1) is 17.3. The Bertz CT molecular complexity index is 903. The van der Waals surface area contributed by atoms with Gasteiger partial charge in [0.1, 0.15) is 12.7 Å². The van der Waals surface area contributed by atoms with Gasteiger partial charge in [-0.3, -0.25) is 9.36 Å². The van der Waals surface area contributed by atoms with E-state index in [1.54, 1.807) is 12.7 Å². The molecule has 0 spiro atoms. The lowest BCUT2D eigenvalue weighted by Crippen LogP contribution is -2.54. The van der Waals surface area contributed by atoms with E-state index in [0.29, 0.717) is 5.56 Å². The number of rotatable bonds is 3. The van der Waals surface area contributed by atoms with Crippen LogP contribution in [0.4, 0.5) is 5.69 Å². The first-order valence-electron chi connectivity index (χ1n) is 9.19. The van der Waals surface area contributed by atoms with Crippen LogP contribution in [0.5, 0.6) is 0 Å². The van der Waals surface area contributed by atoms with Crippen LogP contribution in [0, 0.1) is 6.92 Å². The predicted octanol–water partition coefficient (Wildman–Crippen LogP) is 2.93. The van der Waals surface area contributed by atoms with Crippen LogP contribution in [-0.4, -0.2) is 51.2 Å². The molecule has 1 amide bonds. The van der Waals surface area contributed by atoms with Crippen molar-refractivity contribution in [1.82, 2.24) is 19.7 Å². The van der Waals surface area contributed by atoms with Gasteiger partial charge >= 0.3 is 0 Å². The number of amides is 1. The molecule has 3 aromatic rings. The van der Waals surface area contributed by atoms with Gasteiger partial charge in [0.15, 0.2) is 0 Å². The smallest absolute Gasteiger partial charge is 0.254 e. The molecule has 0 aliphatic carbocycles. The molecular weight excluding hydrogens is 338 g/mol. The lowest BCUT2D eigenvalue weighted by Gasteiger charge is -2.41. The second kappa shape index (κ2) is 7.23. The van der Waals surface area contributed by atoms with Gasteiger partial charge in [-0.2, -0.15) is 0 Å². The van der Waals surface area contributed by atoms with Crippen molar-refractivity contribution in [3.05, 3.63) is 72.3 Å². The SMILES string of the molecule is Cc1ccc(N2CCN(C(=O)c3ccc(-n4cnnc4)cc3)[C@@H](C)C2)cc1. The van der Waals surface area contributed by atoms with Crippen LogP contribution >= 0.6 is 0 Å². The molecule has 1 fully saturated rings. The zero-order valence-electron chi connectivity index (χ0n) is 15.6. The van der Waals surface area contributed by atoms with E-state index in [1.807, 2.05) is 33.7 Å². The maximum absolute atomic E-state index is 13.0. The summed E-state index contributed by atoms with van der Waals surface area (Å²) in [5.41, 5.74) is 4.13. The highest BCUT2D eigenvalue weighted by atomic mass is 16.2. The third-order valence-electron chi connectivity index (χ3n) is 5.12. The molecule has 6 nitrogen and oxygen atoms in total. The zero-order valence-corrected chi connectivity index (χ0v) is 15.6. The fourth-order valence-corrected chi connectivity index (χ4v) is 3.53. The summed E-state index contributed by atoms with van der Waals surface area (Å²) in [6.45, 7) is 6.62. The lowest BCUT2D eigenvalue weighted by molar-refractivity contribution is 0.0674. The van der Waals surface area contributed by atoms with Gasteiger partial charge in [0.25, 0.3) is 5.91 Å². The van der Waals surface area contributed by atoms with Gasteiger partial charge < -0.3 is 9.80 Å². The van der Waals surface area contributed by atoms with Gasteiger partial charge in [-0.05, 0) is 50.2 Å². The Balaban J connectivity index is 1.44. The summed E-state index contributed by atoms with van der Waals surface area (Å²) in [5.74, 6) is 0.0846. The highest BCUT2D eigenvalue weighted by Crippen LogP contribution is 2.21. The van der Waals surface area contributed by atoms with Gasteiger partial charge in [-0.15, -0.1) is 10.2 Å². The molecule has 1 saturated heterocycles. The third kappa shape index (κ3) is 3.56. The maximum Gasteiger partial charge on any atom is 0.254 e. The molecule has 138 valence electrons. The second-order valence-corrected chi connectivity index (χ2v) is 7.05. The lowest BCUT2D eigenvalue weighted by atomic mass is 10.1. The summed E-state index contributed by atoms with van der Waals surface area (Å²) >= 11 is 0. The largest absolute Gasteiger partial charge is 0.368 e. The molecule has 0 bridgehead atoms. The van der Waals surface area contributed by atoms with Crippen molar-refractivity contribution in [2.45, 2.75) is 19.9 Å². The molecule has 2 heterocycles. The minimum Gasteiger partial charge on any atom is -0.368 e. The molecule has 6 heteroatoms. The zero-order chi connectivity index (χ0) is 18.8. The Morgan fingerprint density at radius 1 is 0.926 bits per heavy atom. The molecule has 0 saturated carbocycles. The molecule has 27 heavy (non-hydrogen) atoms. The number of hydrogen-bond donors (Lipinski definition) is 0. The molecule has 2 aromatic carbocycles. The fourth-order valence-electron chi connectivity index (χ4n) is 3.53. The number of aryl methyl sites for hydroxylation is 1. The average Bonchev–Trinajstić information content (AvgIpc) is 3.23. The molecule has 1 atom stereocenters. The van der Waals surface area contributed by atoms with E-state index in [0.717, 1.165) is 25.3 Å². The predicted molar refractivity (Wildman–Crippen MR) is 105 cm³/mol. The quantitative estimate of drug-likeness (QED) is 0.720. The van der Waals surface area contributed by atoms with Gasteiger partial charge in [0.05, 0.1) is 0 Å². The normalized spacial score (nSPS) is 17.2. The highest BCUT2D eigenvalue weighted by molar-refractivity contribution is 5.94. The number of carbonyl (C=O) groups is 1. The molecule has 1 aromatic heterocycles. The van der Waals surface area contributed by atoms with Gasteiger partial charge in [0.2, 0.25) is 0 Å². The van der Waals surface area contributed by atoms with Crippen molar-refractivity contribution in [1.29, 1.82) is 0 Å². The highest BCUT2D eigenvalue weighted by Gasteiger charge is 2.28. The van der Waals surface area contributed by atoms with E-state index in [1.165, 1.54) is 11.3 Å². The second-order valence-electron chi connectivity index (χ2n) is 7.05. The summed E-state index contributed by atoms with van der Waals surface area (Å²) in [4.78, 5) is 17.3. The fraction of sp³-hybridized carbons (Fsp3) is 0.286. The summed E-state index contributed by atoms with van der Waals surface area (Å²) in [6, 6.07) is 16.3. The first-order chi connectivity index (χ1) is 13.1. The number of piperazine rings is 1. The number of hydrogen-bond acceptors (Lipinski definition) is 4. The van der Waals surface area contributed by atoms with Crippen LogP contribution in [0.1, 0.15) is 22.8 Å². The third-order valence-corrected chi connectivity index (χ3v) is 5.12. The molecule has 0 radical (unpaired) electrons. The standard InChI is InChI=1S/C21H23N5O/c1-16-3-7-19(8-4-16)24-11-12-26(17(2)13-24)21(27)18-5-9-20(10-6-18)25-14-22-23-15-25/h3-10,14-15,17H,11-13H2,1-2H3/t17-/m0/s1. The van der Waals surface area contributed by atoms with Gasteiger partial charge in [-0.1, -0.05) is 17.7 Å². The van der Waals surface area contributed by atoms with Gasteiger partial charge in [0, 0.05) is 42.6 Å². The Kier molecular flexibility index (Phi) is 4.62. The van der Waals surface area contributed by atoms with E-state index < -0.39 is 0 Å². The van der Waals surface area contributed by atoms with Crippen molar-refractivity contribution < 1.29 is 4.79 Å². The van der Waals surface area contributed by atoms with E-state index in [9.17, 15) is 4.79 Å². The first-order valence-corrected chi connectivity index (χ1v) is 9.19. The van der Waals surface area contributed by atoms with Gasteiger partial charge in [-0.25, -0.2) is 0 Å². The summed E-state index contributed by atoms with van der Waals surface area (Å²) < 4.78 is 1.82. The molecule has 1 aliphatic heterocycles. The minimum atomic E-state index is 0.0846. The molecule has 1 aliphatic rings. The number of carbonyl (C=O) groups excluding carboxylic acids is 1. The molecule has 0 unspecified atom stereocenters. The number of nitrogens with zero attached hydrogens (tertiary/aromatic N) is 5. The van der Waals surface area contributed by atoms with E-state index >= 15 is 0 Å². The number of anilines is 1. The number of benzene rings is 2. The monoisotopic (exact) mass is 361 g/mol. The van der Waals surface area contributed by atoms with E-state index in [-0.39, 0.29) is 11.9 Å². The molecular formula is C21H23N5O. The Hall–Kier alpha value is -3.15. The van der Waals surface area contributed by atoms with Crippen molar-refractivity contribution in [2.75, 3.05) is 24.5 Å². The number of aromatic nitrogens is 3. The molecule has 4 rings (SSSR count). The van der Waals surface area contributed by atoms with E-state index in [2.05, 4.69) is 53.2 Å². The minimum absolute atomic E-state index is 0.0846. The van der Waals surface area contributed by atoms with Crippen LogP contribution in [0.3, 0.4) is 0 Å². The Labute approximate surface area is 159 Å². The summed E-state index contributed by atoms with van der Waals surface area (Å²) in [6.07, 6.45) is 3.28. The van der Waals surface area contributed by atoms with E-state index in [4.69, 9.17) is 0 Å². The Morgan fingerprint density at radius 3 is 2.19 bits per heavy atom. The topological polar surface area (TPSA) is 54.3 Å². The van der Waals surface area contributed by atoms with Crippen LogP contribution in [0.25, 0.3) is 5.69 Å². The Morgan fingerprint density at radius 2 is 1.56 bits per heavy atom. The van der Waals surface area contributed by atoms with Crippen LogP contribution in [0.2, 0.25) is 0 Å². The van der Waals surface area contributed by atoms with Crippen LogP contribution in [0.15, 0.2) is 61.2 Å². The van der Waals surface area contributed by atoms with Crippen molar-refractivity contribution in [3.8, 4) is 5.69 Å². The maximum atomic E-state index is 13.0. The average molecular weight is 361 g/mol. The van der Waals surface area contributed by atoms with Crippen molar-refractivity contribution in [2.24, 2.45) is 0 Å². The summed E-state index contributed by atoms with van der Waals surface area (Å²) in [5, 5.41) is 7.62. The van der Waals surface area contributed by atoms with Crippen LogP contribution < -0.4 is 4.90 Å². The van der Waals surface area contributed by atoms with Crippen LogP contribution in [-0.2, 0) is 0 Å². The van der Waals surface area contributed by atoms with Crippen molar-refractivity contribution in [3.63, 3.8) is 0 Å². The van der Waals surface area contributed by atoms with Crippen molar-refractivity contribution >= 4 is 11.6 Å².